The average molecular weight is 300 g/mol. The Kier molecular flexibility index (Phi) is 5.39. The van der Waals surface area contributed by atoms with Gasteiger partial charge in [0.15, 0.2) is 0 Å². The molecule has 0 saturated carbocycles. The molecule has 0 unspecified atom stereocenters. The van der Waals surface area contributed by atoms with Gasteiger partial charge in [-0.2, -0.15) is 5.10 Å². The molecule has 0 aliphatic carbocycles. The summed E-state index contributed by atoms with van der Waals surface area (Å²) in [6.45, 7) is 8.87. The van der Waals surface area contributed by atoms with Crippen molar-refractivity contribution in [2.75, 3.05) is 32.7 Å². The van der Waals surface area contributed by atoms with Crippen LogP contribution in [0.1, 0.15) is 13.8 Å². The van der Waals surface area contributed by atoms with Crippen LogP contribution in [0.15, 0.2) is 12.4 Å². The third-order valence-electron chi connectivity index (χ3n) is 3.23. The summed E-state index contributed by atoms with van der Waals surface area (Å²) in [6, 6.07) is 0.202. The monoisotopic (exact) mass is 299 g/mol. The van der Waals surface area contributed by atoms with Gasteiger partial charge in [0.05, 0.1) is 24.4 Å². The molecule has 1 aliphatic rings. The summed E-state index contributed by atoms with van der Waals surface area (Å²) in [5, 5.41) is 7.76. The third-order valence-corrected chi connectivity index (χ3v) is 3.42. The molecule has 1 aliphatic heterocycles. The largest absolute Gasteiger partial charge is 0.353 e. The zero-order valence-corrected chi connectivity index (χ0v) is 12.8. The van der Waals surface area contributed by atoms with Gasteiger partial charge in [-0.25, -0.2) is 0 Å². The lowest BCUT2D eigenvalue weighted by molar-refractivity contribution is -0.123. The lowest BCUT2D eigenvalue weighted by atomic mass is 10.3. The van der Waals surface area contributed by atoms with E-state index in [9.17, 15) is 4.79 Å². The first-order valence-electron chi connectivity index (χ1n) is 6.95. The van der Waals surface area contributed by atoms with Gasteiger partial charge in [-0.3, -0.25) is 19.3 Å². The van der Waals surface area contributed by atoms with Crippen LogP contribution >= 0.6 is 11.6 Å². The maximum atomic E-state index is 11.7. The zero-order valence-electron chi connectivity index (χ0n) is 12.0. The number of piperazine rings is 1. The fourth-order valence-electron chi connectivity index (χ4n) is 2.28. The number of aromatic nitrogens is 2. The Balaban J connectivity index is 1.71. The van der Waals surface area contributed by atoms with Crippen molar-refractivity contribution in [2.45, 2.75) is 26.6 Å². The lowest BCUT2D eigenvalue weighted by Gasteiger charge is -2.34. The number of rotatable bonds is 5. The molecule has 6 nitrogen and oxygen atoms in total. The Morgan fingerprint density at radius 3 is 2.55 bits per heavy atom. The summed E-state index contributed by atoms with van der Waals surface area (Å²) in [4.78, 5) is 16.2. The Hall–Kier alpha value is -1.11. The van der Waals surface area contributed by atoms with Crippen molar-refractivity contribution in [3.05, 3.63) is 17.4 Å². The molecular weight excluding hydrogens is 278 g/mol. The van der Waals surface area contributed by atoms with Crippen LogP contribution < -0.4 is 5.32 Å². The van der Waals surface area contributed by atoms with Crippen LogP contribution in [-0.4, -0.2) is 64.3 Å². The number of nitrogens with zero attached hydrogens (tertiary/aromatic N) is 4. The van der Waals surface area contributed by atoms with E-state index in [0.717, 1.165) is 32.8 Å². The number of carbonyl (C=O) groups is 1. The molecule has 20 heavy (non-hydrogen) atoms. The molecule has 2 rings (SSSR count). The van der Waals surface area contributed by atoms with Gasteiger partial charge in [0.2, 0.25) is 5.91 Å². The molecule has 1 N–H and O–H groups in total. The molecular formula is C13H22ClN5O. The van der Waals surface area contributed by atoms with Gasteiger partial charge in [0.25, 0.3) is 0 Å². The van der Waals surface area contributed by atoms with Crippen molar-refractivity contribution in [3.8, 4) is 0 Å². The fourth-order valence-corrected chi connectivity index (χ4v) is 2.44. The first kappa shape index (κ1) is 15.3. The number of nitrogens with one attached hydrogen (secondary N) is 1. The molecule has 1 amide bonds. The number of hydrogen-bond acceptors (Lipinski definition) is 4. The lowest BCUT2D eigenvalue weighted by Crippen LogP contribution is -2.50. The minimum Gasteiger partial charge on any atom is -0.353 e. The van der Waals surface area contributed by atoms with E-state index in [1.165, 1.54) is 0 Å². The van der Waals surface area contributed by atoms with Gasteiger partial charge >= 0.3 is 0 Å². The van der Waals surface area contributed by atoms with E-state index < -0.39 is 0 Å². The van der Waals surface area contributed by atoms with E-state index >= 15 is 0 Å². The van der Waals surface area contributed by atoms with Crippen molar-refractivity contribution in [1.82, 2.24) is 24.9 Å². The van der Waals surface area contributed by atoms with Crippen LogP contribution in [0.4, 0.5) is 0 Å². The highest BCUT2D eigenvalue weighted by Gasteiger charge is 2.19. The molecule has 0 spiro atoms. The summed E-state index contributed by atoms with van der Waals surface area (Å²) in [5.74, 6) is 0.104. The number of halogens is 1. The molecule has 1 fully saturated rings. The SMILES string of the molecule is CC(C)NC(=O)CN1CCN(Cn2cc(Cl)cn2)CC1. The van der Waals surface area contributed by atoms with Crippen molar-refractivity contribution >= 4 is 17.5 Å². The first-order valence-corrected chi connectivity index (χ1v) is 7.33. The van der Waals surface area contributed by atoms with Crippen molar-refractivity contribution in [1.29, 1.82) is 0 Å². The summed E-state index contributed by atoms with van der Waals surface area (Å²) >= 11 is 5.85. The summed E-state index contributed by atoms with van der Waals surface area (Å²) in [5.41, 5.74) is 0. The van der Waals surface area contributed by atoms with Gasteiger partial charge in [-0.15, -0.1) is 0 Å². The topological polar surface area (TPSA) is 53.4 Å². The van der Waals surface area contributed by atoms with Gasteiger partial charge in [-0.1, -0.05) is 11.6 Å². The minimum absolute atomic E-state index is 0.104. The Morgan fingerprint density at radius 1 is 1.35 bits per heavy atom. The molecule has 112 valence electrons. The highest BCUT2D eigenvalue weighted by molar-refractivity contribution is 6.30. The van der Waals surface area contributed by atoms with Crippen LogP contribution in [0, 0.1) is 0 Å². The summed E-state index contributed by atoms with van der Waals surface area (Å²) < 4.78 is 1.84. The predicted octanol–water partition coefficient (Wildman–Crippen LogP) is 0.636. The second-order valence-corrected chi connectivity index (χ2v) is 5.89. The van der Waals surface area contributed by atoms with Gasteiger partial charge in [-0.05, 0) is 13.8 Å². The van der Waals surface area contributed by atoms with E-state index in [4.69, 9.17) is 11.6 Å². The summed E-state index contributed by atoms with van der Waals surface area (Å²) in [6.07, 6.45) is 3.47. The van der Waals surface area contributed by atoms with Crippen LogP contribution in [-0.2, 0) is 11.5 Å². The highest BCUT2D eigenvalue weighted by atomic mass is 35.5. The zero-order chi connectivity index (χ0) is 14.5. The molecule has 1 aromatic rings. The average Bonchev–Trinajstić information content (AvgIpc) is 2.76. The van der Waals surface area contributed by atoms with E-state index in [2.05, 4.69) is 20.2 Å². The maximum absolute atomic E-state index is 11.7. The van der Waals surface area contributed by atoms with Crippen LogP contribution in [0.5, 0.6) is 0 Å². The maximum Gasteiger partial charge on any atom is 0.234 e. The van der Waals surface area contributed by atoms with E-state index in [-0.39, 0.29) is 11.9 Å². The number of carbonyl (C=O) groups excluding carboxylic acids is 1. The molecule has 0 radical (unpaired) electrons. The second-order valence-electron chi connectivity index (χ2n) is 5.46. The molecule has 0 atom stereocenters. The Bertz CT molecular complexity index is 440. The van der Waals surface area contributed by atoms with Crippen molar-refractivity contribution in [2.24, 2.45) is 0 Å². The smallest absolute Gasteiger partial charge is 0.234 e. The van der Waals surface area contributed by atoms with E-state index in [0.29, 0.717) is 11.6 Å². The molecule has 0 bridgehead atoms. The second kappa shape index (κ2) is 7.06. The van der Waals surface area contributed by atoms with Crippen molar-refractivity contribution < 1.29 is 4.79 Å². The normalized spacial score (nSPS) is 17.6. The molecule has 1 aromatic heterocycles. The van der Waals surface area contributed by atoms with Gasteiger partial charge in [0, 0.05) is 38.4 Å². The van der Waals surface area contributed by atoms with Gasteiger partial charge in [0.1, 0.15) is 0 Å². The molecule has 2 heterocycles. The molecule has 1 saturated heterocycles. The standard InChI is InChI=1S/C13H22ClN5O/c1-11(2)16-13(20)9-17-3-5-18(6-4-17)10-19-8-12(14)7-15-19/h7-8,11H,3-6,9-10H2,1-2H3,(H,16,20). The Labute approximate surface area is 124 Å². The van der Waals surface area contributed by atoms with Gasteiger partial charge < -0.3 is 5.32 Å². The highest BCUT2D eigenvalue weighted by Crippen LogP contribution is 2.07. The van der Waals surface area contributed by atoms with E-state index in [1.807, 2.05) is 24.7 Å². The number of hydrogen-bond donors (Lipinski definition) is 1. The summed E-state index contributed by atoms with van der Waals surface area (Å²) in [7, 11) is 0. The van der Waals surface area contributed by atoms with E-state index in [1.54, 1.807) is 6.20 Å². The first-order chi connectivity index (χ1) is 9.52. The Morgan fingerprint density at radius 2 is 2.00 bits per heavy atom. The van der Waals surface area contributed by atoms with Crippen LogP contribution in [0.25, 0.3) is 0 Å². The molecule has 0 aromatic carbocycles. The fraction of sp³-hybridized carbons (Fsp3) is 0.692. The quantitative estimate of drug-likeness (QED) is 0.867. The third kappa shape index (κ3) is 4.77. The van der Waals surface area contributed by atoms with Crippen LogP contribution in [0.2, 0.25) is 5.02 Å². The van der Waals surface area contributed by atoms with Crippen molar-refractivity contribution in [3.63, 3.8) is 0 Å². The predicted molar refractivity (Wildman–Crippen MR) is 78.5 cm³/mol. The van der Waals surface area contributed by atoms with Crippen LogP contribution in [0.3, 0.4) is 0 Å². The minimum atomic E-state index is 0.104. The molecule has 7 heteroatoms. The number of amides is 1.